The average molecular weight is 304 g/mol. The molecule has 1 saturated carbocycles. The maximum atomic E-state index is 12.9. The van der Waals surface area contributed by atoms with Crippen LogP contribution >= 0.6 is 0 Å². The Balaban J connectivity index is 1.37. The van der Waals surface area contributed by atoms with Gasteiger partial charge in [-0.25, -0.2) is 9.18 Å². The minimum atomic E-state index is -0.209. The fourth-order valence-corrected chi connectivity index (χ4v) is 2.90. The lowest BCUT2D eigenvalue weighted by Gasteiger charge is -2.36. The molecule has 0 saturated heterocycles. The first-order valence-electron chi connectivity index (χ1n) is 7.76. The van der Waals surface area contributed by atoms with Crippen LogP contribution in [0.3, 0.4) is 0 Å². The molecule has 0 aromatic heterocycles. The van der Waals surface area contributed by atoms with Crippen LogP contribution < -0.4 is 10.6 Å². The van der Waals surface area contributed by atoms with E-state index in [4.69, 9.17) is 4.74 Å². The Morgan fingerprint density at radius 1 is 1.27 bits per heavy atom. The zero-order chi connectivity index (χ0) is 15.4. The summed E-state index contributed by atoms with van der Waals surface area (Å²) in [5.74, 6) is 0.212. The third-order valence-electron chi connectivity index (χ3n) is 4.35. The molecule has 4 nitrogen and oxygen atoms in total. The van der Waals surface area contributed by atoms with Gasteiger partial charge in [-0.1, -0.05) is 23.8 Å². The van der Waals surface area contributed by atoms with Gasteiger partial charge in [0.1, 0.15) is 5.82 Å². The van der Waals surface area contributed by atoms with Crippen molar-refractivity contribution in [2.45, 2.75) is 31.2 Å². The summed E-state index contributed by atoms with van der Waals surface area (Å²) in [4.78, 5) is 11.8. The van der Waals surface area contributed by atoms with Crippen molar-refractivity contribution in [2.75, 3.05) is 19.8 Å². The number of halogens is 1. The van der Waals surface area contributed by atoms with E-state index < -0.39 is 0 Å². The van der Waals surface area contributed by atoms with Gasteiger partial charge in [0.2, 0.25) is 0 Å². The van der Waals surface area contributed by atoms with E-state index in [2.05, 4.69) is 10.6 Å². The van der Waals surface area contributed by atoms with E-state index in [1.54, 1.807) is 0 Å². The van der Waals surface area contributed by atoms with Gasteiger partial charge < -0.3 is 15.4 Å². The summed E-state index contributed by atoms with van der Waals surface area (Å²) in [5.41, 5.74) is 2.37. The molecule has 5 heteroatoms. The van der Waals surface area contributed by atoms with Crippen LogP contribution in [0, 0.1) is 5.82 Å². The summed E-state index contributed by atoms with van der Waals surface area (Å²) < 4.78 is 18.1. The van der Waals surface area contributed by atoms with E-state index in [9.17, 15) is 9.18 Å². The van der Waals surface area contributed by atoms with E-state index in [0.717, 1.165) is 31.4 Å². The van der Waals surface area contributed by atoms with Crippen molar-refractivity contribution < 1.29 is 13.9 Å². The molecule has 2 N–H and O–H groups in total. The number of nitrogens with one attached hydrogen (secondary N) is 2. The maximum absolute atomic E-state index is 12.9. The highest BCUT2D eigenvalue weighted by atomic mass is 19.1. The van der Waals surface area contributed by atoms with Crippen LogP contribution in [0.15, 0.2) is 35.9 Å². The highest BCUT2D eigenvalue weighted by Gasteiger charge is 2.31. The largest absolute Gasteiger partial charge is 0.377 e. The lowest BCUT2D eigenvalue weighted by molar-refractivity contribution is 0.153. The molecule has 22 heavy (non-hydrogen) atoms. The van der Waals surface area contributed by atoms with Crippen LogP contribution in [-0.4, -0.2) is 31.8 Å². The predicted molar refractivity (Wildman–Crippen MR) is 82.2 cm³/mol. The number of amides is 2. The van der Waals surface area contributed by atoms with Gasteiger partial charge in [-0.2, -0.15) is 0 Å². The maximum Gasteiger partial charge on any atom is 0.315 e. The van der Waals surface area contributed by atoms with Crippen molar-refractivity contribution >= 4 is 6.03 Å². The second kappa shape index (κ2) is 6.92. The van der Waals surface area contributed by atoms with Crippen molar-refractivity contribution in [3.63, 3.8) is 0 Å². The predicted octanol–water partition coefficient (Wildman–Crippen LogP) is 2.72. The number of rotatable bonds is 4. The van der Waals surface area contributed by atoms with Gasteiger partial charge in [0, 0.05) is 12.6 Å². The van der Waals surface area contributed by atoms with Crippen molar-refractivity contribution in [1.29, 1.82) is 0 Å². The summed E-state index contributed by atoms with van der Waals surface area (Å²) >= 11 is 0. The third-order valence-corrected chi connectivity index (χ3v) is 4.35. The van der Waals surface area contributed by atoms with Gasteiger partial charge in [-0.3, -0.25) is 0 Å². The number of benzene rings is 1. The van der Waals surface area contributed by atoms with Crippen LogP contribution in [0.25, 0.3) is 0 Å². The van der Waals surface area contributed by atoms with Gasteiger partial charge in [-0.05, 0) is 42.9 Å². The first-order valence-corrected chi connectivity index (χ1v) is 7.76. The lowest BCUT2D eigenvalue weighted by atomic mass is 9.76. The minimum Gasteiger partial charge on any atom is -0.377 e. The molecule has 0 unspecified atom stereocenters. The number of hydrogen-bond acceptors (Lipinski definition) is 2. The molecule has 2 aliphatic rings. The highest BCUT2D eigenvalue weighted by molar-refractivity contribution is 5.74. The normalized spacial score (nSPS) is 24.1. The molecule has 0 spiro atoms. The molecule has 1 aromatic carbocycles. The van der Waals surface area contributed by atoms with Crippen LogP contribution in [0.5, 0.6) is 0 Å². The molecule has 1 aliphatic heterocycles. The summed E-state index contributed by atoms with van der Waals surface area (Å²) in [5, 5.41) is 5.87. The highest BCUT2D eigenvalue weighted by Crippen LogP contribution is 2.36. The number of hydrogen-bond donors (Lipinski definition) is 2. The number of carbonyl (C=O) groups is 1. The van der Waals surface area contributed by atoms with Crippen molar-refractivity contribution in [3.8, 4) is 0 Å². The van der Waals surface area contributed by atoms with Crippen LogP contribution in [0.4, 0.5) is 9.18 Å². The summed E-state index contributed by atoms with van der Waals surface area (Å²) in [6.07, 6.45) is 4.74. The Hall–Kier alpha value is -1.88. The molecular weight excluding hydrogens is 283 g/mol. The van der Waals surface area contributed by atoms with Gasteiger partial charge in [-0.15, -0.1) is 0 Å². The summed E-state index contributed by atoms with van der Waals surface area (Å²) in [6, 6.07) is 6.73. The smallest absolute Gasteiger partial charge is 0.315 e. The Morgan fingerprint density at radius 3 is 2.73 bits per heavy atom. The topological polar surface area (TPSA) is 50.4 Å². The van der Waals surface area contributed by atoms with E-state index in [1.807, 2.05) is 18.2 Å². The Morgan fingerprint density at radius 2 is 2.05 bits per heavy atom. The molecule has 118 valence electrons. The Labute approximate surface area is 129 Å². The first-order chi connectivity index (χ1) is 10.7. The molecule has 1 aliphatic carbocycles. The second-order valence-electron chi connectivity index (χ2n) is 5.93. The van der Waals surface area contributed by atoms with Gasteiger partial charge in [0.25, 0.3) is 0 Å². The Kier molecular flexibility index (Phi) is 4.73. The standard InChI is InChI=1S/C17H21FN2O2/c18-15-3-1-13(2-4-15)14-9-16(10-14)20-17(21)19-11-12-5-7-22-8-6-12/h1-5,14,16H,6-11H2,(H2,19,20,21). The minimum absolute atomic E-state index is 0.116. The van der Waals surface area contributed by atoms with Gasteiger partial charge >= 0.3 is 6.03 Å². The van der Waals surface area contributed by atoms with E-state index in [0.29, 0.717) is 19.1 Å². The molecule has 3 rings (SSSR count). The SMILES string of the molecule is O=C(NCC1=CCOCC1)NC1CC(c2ccc(F)cc2)C1. The molecule has 1 aromatic rings. The molecule has 1 heterocycles. The molecular formula is C17H21FN2O2. The molecule has 1 fully saturated rings. The average Bonchev–Trinajstić information content (AvgIpc) is 2.51. The third kappa shape index (κ3) is 3.85. The van der Waals surface area contributed by atoms with Crippen LogP contribution in [0.1, 0.15) is 30.7 Å². The molecule has 2 amide bonds. The van der Waals surface area contributed by atoms with Crippen molar-refractivity contribution in [1.82, 2.24) is 10.6 Å². The molecule has 0 radical (unpaired) electrons. The second-order valence-corrected chi connectivity index (χ2v) is 5.93. The summed E-state index contributed by atoms with van der Waals surface area (Å²) in [6.45, 7) is 1.96. The van der Waals surface area contributed by atoms with Gasteiger partial charge in [0.05, 0.1) is 13.2 Å². The fourth-order valence-electron chi connectivity index (χ4n) is 2.90. The first kappa shape index (κ1) is 15.0. The summed E-state index contributed by atoms with van der Waals surface area (Å²) in [7, 11) is 0. The number of urea groups is 1. The van der Waals surface area contributed by atoms with Crippen molar-refractivity contribution in [2.24, 2.45) is 0 Å². The monoisotopic (exact) mass is 304 g/mol. The van der Waals surface area contributed by atoms with Crippen LogP contribution in [0.2, 0.25) is 0 Å². The van der Waals surface area contributed by atoms with Gasteiger partial charge in [0.15, 0.2) is 0 Å². The number of carbonyl (C=O) groups excluding carboxylic acids is 1. The van der Waals surface area contributed by atoms with E-state index in [-0.39, 0.29) is 17.9 Å². The number of ether oxygens (including phenoxy) is 1. The lowest BCUT2D eigenvalue weighted by Crippen LogP contribution is -2.48. The van der Waals surface area contributed by atoms with Crippen LogP contribution in [-0.2, 0) is 4.74 Å². The molecule has 0 atom stereocenters. The van der Waals surface area contributed by atoms with E-state index >= 15 is 0 Å². The zero-order valence-electron chi connectivity index (χ0n) is 12.5. The Bertz CT molecular complexity index is 550. The quantitative estimate of drug-likeness (QED) is 0.840. The van der Waals surface area contributed by atoms with E-state index in [1.165, 1.54) is 17.7 Å². The molecule has 0 bridgehead atoms. The zero-order valence-corrected chi connectivity index (χ0v) is 12.5. The van der Waals surface area contributed by atoms with Crippen molar-refractivity contribution in [3.05, 3.63) is 47.3 Å². The fraction of sp³-hybridized carbons (Fsp3) is 0.471.